The number of hydrogen-bond donors (Lipinski definition) is 0. The van der Waals surface area contributed by atoms with Crippen LogP contribution < -0.4 is 4.74 Å². The van der Waals surface area contributed by atoms with Gasteiger partial charge in [0.25, 0.3) is 0 Å². The van der Waals surface area contributed by atoms with Gasteiger partial charge in [-0.2, -0.15) is 5.26 Å². The first-order valence-corrected chi connectivity index (χ1v) is 7.02. The molecule has 1 aliphatic rings. The molecule has 0 bridgehead atoms. The molecule has 4 heteroatoms. The van der Waals surface area contributed by atoms with Crippen LogP contribution in [-0.2, 0) is 0 Å². The van der Waals surface area contributed by atoms with Crippen molar-refractivity contribution in [1.29, 1.82) is 5.26 Å². The van der Waals surface area contributed by atoms with E-state index in [0.29, 0.717) is 18.2 Å². The van der Waals surface area contributed by atoms with Crippen LogP contribution in [-0.4, -0.2) is 31.1 Å². The summed E-state index contributed by atoms with van der Waals surface area (Å²) in [6, 6.07) is 8.11. The van der Waals surface area contributed by atoms with Crippen molar-refractivity contribution < 1.29 is 4.74 Å². The number of likely N-dealkylation sites (N-methyl/N-ethyl adjacent to an activating group) is 1. The second kappa shape index (κ2) is 6.21. The number of halogens is 1. The quantitative estimate of drug-likeness (QED) is 0.860. The molecule has 1 aromatic carbocycles. The lowest BCUT2D eigenvalue weighted by Gasteiger charge is -2.32. The molecule has 0 amide bonds. The van der Waals surface area contributed by atoms with E-state index in [1.54, 1.807) is 12.1 Å². The molecule has 2 rings (SSSR count). The van der Waals surface area contributed by atoms with Crippen molar-refractivity contribution in [3.8, 4) is 11.8 Å². The summed E-state index contributed by atoms with van der Waals surface area (Å²) in [4.78, 5) is 2.35. The van der Waals surface area contributed by atoms with Gasteiger partial charge in [-0.25, -0.2) is 0 Å². The smallest absolute Gasteiger partial charge is 0.121 e. The largest absolute Gasteiger partial charge is 0.492 e. The van der Waals surface area contributed by atoms with Gasteiger partial charge in [0, 0.05) is 10.5 Å². The fourth-order valence-electron chi connectivity index (χ4n) is 2.26. The molecule has 3 nitrogen and oxygen atoms in total. The molecule has 18 heavy (non-hydrogen) atoms. The van der Waals surface area contributed by atoms with Crippen molar-refractivity contribution in [2.75, 3.05) is 20.2 Å². The van der Waals surface area contributed by atoms with E-state index in [1.807, 2.05) is 6.07 Å². The van der Waals surface area contributed by atoms with E-state index in [9.17, 15) is 0 Å². The molecular weight excluding hydrogens is 292 g/mol. The monoisotopic (exact) mass is 308 g/mol. The molecule has 0 aromatic heterocycles. The van der Waals surface area contributed by atoms with E-state index in [1.165, 1.54) is 19.3 Å². The van der Waals surface area contributed by atoms with Crippen LogP contribution in [0.5, 0.6) is 5.75 Å². The van der Waals surface area contributed by atoms with Crippen molar-refractivity contribution in [3.63, 3.8) is 0 Å². The molecule has 0 N–H and O–H groups in total. The highest BCUT2D eigenvalue weighted by Gasteiger charge is 2.19. The molecule has 1 saturated heterocycles. The highest BCUT2D eigenvalue weighted by molar-refractivity contribution is 9.10. The molecule has 1 unspecified atom stereocenters. The van der Waals surface area contributed by atoms with Crippen molar-refractivity contribution in [1.82, 2.24) is 4.90 Å². The van der Waals surface area contributed by atoms with E-state index in [-0.39, 0.29) is 0 Å². The summed E-state index contributed by atoms with van der Waals surface area (Å²) in [7, 11) is 2.15. The van der Waals surface area contributed by atoms with Gasteiger partial charge in [-0.1, -0.05) is 22.4 Å². The van der Waals surface area contributed by atoms with Crippen molar-refractivity contribution >= 4 is 15.9 Å². The van der Waals surface area contributed by atoms with E-state index in [4.69, 9.17) is 10.00 Å². The molecule has 0 aliphatic carbocycles. The van der Waals surface area contributed by atoms with Gasteiger partial charge in [-0.3, -0.25) is 0 Å². The number of nitrogens with zero attached hydrogens (tertiary/aromatic N) is 2. The predicted molar refractivity (Wildman–Crippen MR) is 74.6 cm³/mol. The third kappa shape index (κ3) is 3.47. The molecule has 1 aromatic rings. The molecule has 0 saturated carbocycles. The zero-order valence-corrected chi connectivity index (χ0v) is 12.1. The van der Waals surface area contributed by atoms with Crippen molar-refractivity contribution in [2.24, 2.45) is 0 Å². The first-order valence-electron chi connectivity index (χ1n) is 6.23. The number of nitriles is 1. The van der Waals surface area contributed by atoms with Crippen molar-refractivity contribution in [2.45, 2.75) is 25.3 Å². The lowest BCUT2D eigenvalue weighted by molar-refractivity contribution is 0.125. The van der Waals surface area contributed by atoms with Gasteiger partial charge in [-0.15, -0.1) is 0 Å². The summed E-state index contributed by atoms with van der Waals surface area (Å²) in [5.41, 5.74) is 0.622. The van der Waals surface area contributed by atoms with Crippen LogP contribution in [0.25, 0.3) is 0 Å². The Bertz CT molecular complexity index is 456. The van der Waals surface area contributed by atoms with Gasteiger partial charge in [0.05, 0.1) is 11.6 Å². The molecule has 1 heterocycles. The van der Waals surface area contributed by atoms with Crippen LogP contribution in [0.3, 0.4) is 0 Å². The Kier molecular flexibility index (Phi) is 4.62. The zero-order chi connectivity index (χ0) is 13.0. The zero-order valence-electron chi connectivity index (χ0n) is 10.5. The van der Waals surface area contributed by atoms with Gasteiger partial charge in [-0.05, 0) is 44.6 Å². The van der Waals surface area contributed by atoms with Gasteiger partial charge in [0.1, 0.15) is 12.4 Å². The Hall–Kier alpha value is -1.05. The van der Waals surface area contributed by atoms with Crippen LogP contribution in [0, 0.1) is 11.3 Å². The summed E-state index contributed by atoms with van der Waals surface area (Å²) >= 11 is 3.39. The second-order valence-corrected chi connectivity index (χ2v) is 5.64. The first-order chi connectivity index (χ1) is 8.69. The average molecular weight is 309 g/mol. The molecule has 0 spiro atoms. The first kappa shape index (κ1) is 13.4. The van der Waals surface area contributed by atoms with Gasteiger partial charge in [0.15, 0.2) is 0 Å². The Morgan fingerprint density at radius 2 is 2.28 bits per heavy atom. The summed E-state index contributed by atoms with van der Waals surface area (Å²) in [6.07, 6.45) is 3.75. The van der Waals surface area contributed by atoms with Crippen LogP contribution in [0.1, 0.15) is 24.8 Å². The number of hydrogen-bond acceptors (Lipinski definition) is 3. The van der Waals surface area contributed by atoms with Crippen LogP contribution in [0.4, 0.5) is 0 Å². The van der Waals surface area contributed by atoms with Crippen LogP contribution in [0.15, 0.2) is 22.7 Å². The third-order valence-electron chi connectivity index (χ3n) is 3.36. The van der Waals surface area contributed by atoms with Gasteiger partial charge < -0.3 is 9.64 Å². The second-order valence-electron chi connectivity index (χ2n) is 4.73. The molecule has 1 atom stereocenters. The summed E-state index contributed by atoms with van der Waals surface area (Å²) in [6.45, 7) is 1.84. The normalized spacial score (nSPS) is 20.4. The minimum Gasteiger partial charge on any atom is -0.492 e. The molecule has 96 valence electrons. The molecule has 1 fully saturated rings. The third-order valence-corrected chi connectivity index (χ3v) is 3.82. The maximum Gasteiger partial charge on any atom is 0.121 e. The lowest BCUT2D eigenvalue weighted by atomic mass is 10.0. The molecular formula is C14H17BrN2O. The fourth-order valence-corrected chi connectivity index (χ4v) is 2.73. The van der Waals surface area contributed by atoms with Gasteiger partial charge >= 0.3 is 0 Å². The minimum absolute atomic E-state index is 0.489. The highest BCUT2D eigenvalue weighted by atomic mass is 79.9. The topological polar surface area (TPSA) is 36.3 Å². The van der Waals surface area contributed by atoms with E-state index in [0.717, 1.165) is 16.8 Å². The van der Waals surface area contributed by atoms with E-state index >= 15 is 0 Å². The number of ether oxygens (including phenoxy) is 1. The van der Waals surface area contributed by atoms with Gasteiger partial charge in [0.2, 0.25) is 0 Å². The lowest BCUT2D eigenvalue weighted by Crippen LogP contribution is -2.40. The van der Waals surface area contributed by atoms with Crippen LogP contribution in [0.2, 0.25) is 0 Å². The summed E-state index contributed by atoms with van der Waals surface area (Å²) in [5.74, 6) is 0.764. The SMILES string of the molecule is CN1CCCCC1COc1cc(Br)cc(C#N)c1. The Morgan fingerprint density at radius 1 is 1.44 bits per heavy atom. The fraction of sp³-hybridized carbons (Fsp3) is 0.500. The standard InChI is InChI=1S/C14H17BrN2O/c1-17-5-3-2-4-13(17)10-18-14-7-11(9-16)6-12(15)8-14/h6-8,13H,2-5,10H2,1H3. The maximum absolute atomic E-state index is 8.91. The van der Waals surface area contributed by atoms with Crippen molar-refractivity contribution in [3.05, 3.63) is 28.2 Å². The molecule has 0 radical (unpaired) electrons. The Morgan fingerprint density at radius 3 is 3.00 bits per heavy atom. The van der Waals surface area contributed by atoms with Crippen LogP contribution >= 0.6 is 15.9 Å². The predicted octanol–water partition coefficient (Wildman–Crippen LogP) is 3.18. The van der Waals surface area contributed by atoms with E-state index < -0.39 is 0 Å². The minimum atomic E-state index is 0.489. The molecule has 1 aliphatic heterocycles. The Labute approximate surface area is 116 Å². The average Bonchev–Trinajstić information content (AvgIpc) is 2.37. The summed E-state index contributed by atoms with van der Waals surface area (Å²) in [5, 5.41) is 8.91. The number of piperidine rings is 1. The highest BCUT2D eigenvalue weighted by Crippen LogP contribution is 2.22. The summed E-state index contributed by atoms with van der Waals surface area (Å²) < 4.78 is 6.70. The number of rotatable bonds is 3. The maximum atomic E-state index is 8.91. The number of likely N-dealkylation sites (tertiary alicyclic amines) is 1. The Balaban J connectivity index is 1.97. The number of benzene rings is 1. The van der Waals surface area contributed by atoms with E-state index in [2.05, 4.69) is 33.9 Å².